The molecule has 0 bridgehead atoms. The van der Waals surface area contributed by atoms with E-state index in [2.05, 4.69) is 10.6 Å². The molecule has 0 amide bonds. The lowest BCUT2D eigenvalue weighted by atomic mass is 9.97. The van der Waals surface area contributed by atoms with Crippen LogP contribution in [0, 0.1) is 5.92 Å². The van der Waals surface area contributed by atoms with Gasteiger partial charge in [0.05, 0.1) is 12.7 Å². The zero-order valence-corrected chi connectivity index (χ0v) is 6.10. The van der Waals surface area contributed by atoms with Crippen LogP contribution in [0.4, 0.5) is 0 Å². The van der Waals surface area contributed by atoms with Gasteiger partial charge < -0.3 is 15.4 Å². The first-order chi connectivity index (χ1) is 4.97. The molecule has 2 aliphatic heterocycles. The van der Waals surface area contributed by atoms with Gasteiger partial charge in [-0.05, 0) is 0 Å². The molecule has 0 aliphatic carbocycles. The monoisotopic (exact) mass is 142 g/mol. The van der Waals surface area contributed by atoms with E-state index < -0.39 is 0 Å². The number of hydrogen-bond donors (Lipinski definition) is 2. The van der Waals surface area contributed by atoms with Crippen LogP contribution in [0.25, 0.3) is 0 Å². The molecular formula is C7H14N2O. The number of rotatable bonds is 0. The predicted octanol–water partition coefficient (Wildman–Crippen LogP) is -0.806. The third-order valence-corrected chi connectivity index (χ3v) is 2.28. The molecule has 0 spiro atoms. The molecule has 2 heterocycles. The summed E-state index contributed by atoms with van der Waals surface area (Å²) in [7, 11) is 0. The number of fused-ring (bicyclic) bond motifs is 1. The Kier molecular flexibility index (Phi) is 1.88. The van der Waals surface area contributed by atoms with E-state index in [0.717, 1.165) is 38.7 Å². The Hall–Kier alpha value is -0.120. The van der Waals surface area contributed by atoms with Gasteiger partial charge in [-0.2, -0.15) is 0 Å². The maximum Gasteiger partial charge on any atom is 0.0761 e. The standard InChI is InChI=1S/C7H14N2O/c1-2-9-4-7-6(3-8-1)5-10-7/h6-9H,1-5H2. The first-order valence-corrected chi connectivity index (χ1v) is 4.00. The van der Waals surface area contributed by atoms with Gasteiger partial charge in [0.15, 0.2) is 0 Å². The van der Waals surface area contributed by atoms with Crippen molar-refractivity contribution in [1.82, 2.24) is 10.6 Å². The van der Waals surface area contributed by atoms with E-state index in [1.165, 1.54) is 0 Å². The Morgan fingerprint density at radius 3 is 2.60 bits per heavy atom. The largest absolute Gasteiger partial charge is 0.376 e. The Labute approximate surface area is 61.1 Å². The van der Waals surface area contributed by atoms with Crippen LogP contribution in [-0.2, 0) is 4.74 Å². The highest BCUT2D eigenvalue weighted by Gasteiger charge is 2.31. The molecule has 2 fully saturated rings. The highest BCUT2D eigenvalue weighted by Crippen LogP contribution is 2.18. The fraction of sp³-hybridized carbons (Fsp3) is 1.00. The van der Waals surface area contributed by atoms with Crippen LogP contribution in [0.1, 0.15) is 0 Å². The summed E-state index contributed by atoms with van der Waals surface area (Å²) in [4.78, 5) is 0. The zero-order valence-electron chi connectivity index (χ0n) is 6.10. The van der Waals surface area contributed by atoms with E-state index in [0.29, 0.717) is 6.10 Å². The summed E-state index contributed by atoms with van der Waals surface area (Å²) in [5.74, 6) is 0.771. The van der Waals surface area contributed by atoms with Crippen molar-refractivity contribution in [2.75, 3.05) is 32.8 Å². The molecule has 10 heavy (non-hydrogen) atoms. The molecular weight excluding hydrogens is 128 g/mol. The van der Waals surface area contributed by atoms with E-state index in [1.807, 2.05) is 0 Å². The minimum atomic E-state index is 0.493. The van der Waals surface area contributed by atoms with E-state index in [-0.39, 0.29) is 0 Å². The maximum atomic E-state index is 5.37. The molecule has 0 radical (unpaired) electrons. The second-order valence-electron chi connectivity index (χ2n) is 3.04. The molecule has 2 aliphatic rings. The molecule has 2 saturated heterocycles. The van der Waals surface area contributed by atoms with Crippen molar-refractivity contribution < 1.29 is 4.74 Å². The van der Waals surface area contributed by atoms with Crippen LogP contribution in [0.2, 0.25) is 0 Å². The Morgan fingerprint density at radius 1 is 1.10 bits per heavy atom. The summed E-state index contributed by atoms with van der Waals surface area (Å²) < 4.78 is 5.37. The van der Waals surface area contributed by atoms with Gasteiger partial charge in [-0.15, -0.1) is 0 Å². The van der Waals surface area contributed by atoms with Crippen molar-refractivity contribution in [2.24, 2.45) is 5.92 Å². The van der Waals surface area contributed by atoms with Crippen molar-refractivity contribution in [3.05, 3.63) is 0 Å². The summed E-state index contributed by atoms with van der Waals surface area (Å²) in [6.07, 6.45) is 0.493. The average molecular weight is 142 g/mol. The second-order valence-corrected chi connectivity index (χ2v) is 3.04. The third kappa shape index (κ3) is 1.17. The van der Waals surface area contributed by atoms with Crippen molar-refractivity contribution in [3.63, 3.8) is 0 Å². The molecule has 2 rings (SSSR count). The minimum absolute atomic E-state index is 0.493. The van der Waals surface area contributed by atoms with Crippen LogP contribution in [0.3, 0.4) is 0 Å². The normalized spacial score (nSPS) is 40.8. The van der Waals surface area contributed by atoms with Crippen molar-refractivity contribution in [2.45, 2.75) is 6.10 Å². The molecule has 2 atom stereocenters. The first-order valence-electron chi connectivity index (χ1n) is 4.00. The van der Waals surface area contributed by atoms with Crippen molar-refractivity contribution in [1.29, 1.82) is 0 Å². The zero-order chi connectivity index (χ0) is 6.81. The van der Waals surface area contributed by atoms with Gasteiger partial charge in [-0.25, -0.2) is 0 Å². The molecule has 0 aromatic carbocycles. The number of ether oxygens (including phenoxy) is 1. The summed E-state index contributed by atoms with van der Waals surface area (Å²) >= 11 is 0. The Bertz CT molecular complexity index is 104. The van der Waals surface area contributed by atoms with Crippen LogP contribution < -0.4 is 10.6 Å². The van der Waals surface area contributed by atoms with Crippen LogP contribution >= 0.6 is 0 Å². The summed E-state index contributed by atoms with van der Waals surface area (Å²) in [5.41, 5.74) is 0. The van der Waals surface area contributed by atoms with Gasteiger partial charge in [-0.3, -0.25) is 0 Å². The third-order valence-electron chi connectivity index (χ3n) is 2.28. The average Bonchev–Trinajstić information content (AvgIpc) is 1.89. The van der Waals surface area contributed by atoms with E-state index >= 15 is 0 Å². The first kappa shape index (κ1) is 6.58. The van der Waals surface area contributed by atoms with E-state index in [4.69, 9.17) is 4.74 Å². The predicted molar refractivity (Wildman–Crippen MR) is 39.0 cm³/mol. The molecule has 0 saturated carbocycles. The summed E-state index contributed by atoms with van der Waals surface area (Å²) in [5, 5.41) is 6.71. The number of hydrogen-bond acceptors (Lipinski definition) is 3. The Morgan fingerprint density at radius 2 is 1.90 bits per heavy atom. The van der Waals surface area contributed by atoms with Gasteiger partial charge in [0.25, 0.3) is 0 Å². The fourth-order valence-electron chi connectivity index (χ4n) is 1.49. The van der Waals surface area contributed by atoms with Gasteiger partial charge in [0.2, 0.25) is 0 Å². The van der Waals surface area contributed by atoms with Crippen molar-refractivity contribution in [3.8, 4) is 0 Å². The summed E-state index contributed by atoms with van der Waals surface area (Å²) in [6.45, 7) is 5.33. The summed E-state index contributed by atoms with van der Waals surface area (Å²) in [6, 6.07) is 0. The smallest absolute Gasteiger partial charge is 0.0761 e. The maximum absolute atomic E-state index is 5.37. The SMILES string of the molecule is C1CNCC2OCC2CN1. The Balaban J connectivity index is 1.83. The topological polar surface area (TPSA) is 33.3 Å². The lowest BCUT2D eigenvalue weighted by Gasteiger charge is -2.38. The fourth-order valence-corrected chi connectivity index (χ4v) is 1.49. The molecule has 58 valence electrons. The molecule has 3 heteroatoms. The quantitative estimate of drug-likeness (QED) is 0.464. The van der Waals surface area contributed by atoms with Crippen molar-refractivity contribution >= 4 is 0 Å². The minimum Gasteiger partial charge on any atom is -0.376 e. The molecule has 0 aromatic heterocycles. The van der Waals surface area contributed by atoms with Crippen LogP contribution in [0.15, 0.2) is 0 Å². The van der Waals surface area contributed by atoms with Crippen LogP contribution in [-0.4, -0.2) is 38.9 Å². The van der Waals surface area contributed by atoms with Gasteiger partial charge >= 0.3 is 0 Å². The lowest BCUT2D eigenvalue weighted by Crippen LogP contribution is -2.53. The van der Waals surface area contributed by atoms with Gasteiger partial charge in [0.1, 0.15) is 0 Å². The second kappa shape index (κ2) is 2.86. The molecule has 0 aromatic rings. The molecule has 3 nitrogen and oxygen atoms in total. The lowest BCUT2D eigenvalue weighted by molar-refractivity contribution is -0.112. The van der Waals surface area contributed by atoms with Gasteiger partial charge in [-0.1, -0.05) is 0 Å². The highest BCUT2D eigenvalue weighted by molar-refractivity contribution is 4.83. The van der Waals surface area contributed by atoms with Crippen LogP contribution in [0.5, 0.6) is 0 Å². The highest BCUT2D eigenvalue weighted by atomic mass is 16.5. The van der Waals surface area contributed by atoms with E-state index in [1.54, 1.807) is 0 Å². The molecule has 2 N–H and O–H groups in total. The van der Waals surface area contributed by atoms with Gasteiger partial charge in [0, 0.05) is 32.1 Å². The molecule has 2 unspecified atom stereocenters. The van der Waals surface area contributed by atoms with E-state index in [9.17, 15) is 0 Å². The number of nitrogens with one attached hydrogen (secondary N) is 2.